The normalized spacial score (nSPS) is 27.0. The molecule has 2 fully saturated rings. The van der Waals surface area contributed by atoms with E-state index in [1.807, 2.05) is 0 Å². The molecule has 3 N–H and O–H groups in total. The predicted molar refractivity (Wildman–Crippen MR) is 158 cm³/mol. The van der Waals surface area contributed by atoms with E-state index in [-0.39, 0.29) is 5.41 Å². The summed E-state index contributed by atoms with van der Waals surface area (Å²) < 4.78 is 8.67. The van der Waals surface area contributed by atoms with E-state index in [1.165, 1.54) is 11.9 Å². The van der Waals surface area contributed by atoms with Gasteiger partial charge in [-0.25, -0.2) is 4.98 Å². The Kier molecular flexibility index (Phi) is 7.74. The Morgan fingerprint density at radius 2 is 1.93 bits per heavy atom. The van der Waals surface area contributed by atoms with Crippen LogP contribution in [0, 0.1) is 5.92 Å². The fourth-order valence-corrected chi connectivity index (χ4v) is 6.76. The molecule has 41 heavy (non-hydrogen) atoms. The van der Waals surface area contributed by atoms with Crippen LogP contribution >= 0.6 is 0 Å². The zero-order chi connectivity index (χ0) is 29.1. The molecule has 10 nitrogen and oxygen atoms in total. The number of aliphatic hydroxyl groups excluding tert-OH is 2. The molecule has 4 aromatic rings. The van der Waals surface area contributed by atoms with E-state index in [1.54, 1.807) is 10.9 Å². The number of nitrogens with zero attached hydrogens (tertiary/aromatic N) is 6. The number of aromatic nitrogens is 6. The average molecular weight is 622 g/mol. The molecule has 1 saturated heterocycles. The van der Waals surface area contributed by atoms with Crippen LogP contribution in [0.15, 0.2) is 30.9 Å². The number of imidazole rings is 2. The molecule has 0 bridgehead atoms. The van der Waals surface area contributed by atoms with Crippen molar-refractivity contribution in [2.24, 2.45) is 5.92 Å². The van der Waals surface area contributed by atoms with E-state index in [9.17, 15) is 10.2 Å². The third-order valence-electron chi connectivity index (χ3n) is 8.87. The Bertz CT molecular complexity index is 1520. The summed E-state index contributed by atoms with van der Waals surface area (Å²) in [6, 6.07) is 7.26. The summed E-state index contributed by atoms with van der Waals surface area (Å²) in [7, 11) is 0. The Hall–Kier alpha value is -2.36. The van der Waals surface area contributed by atoms with E-state index >= 15 is 0 Å². The molecule has 1 aliphatic heterocycles. The van der Waals surface area contributed by atoms with E-state index in [4.69, 9.17) is 9.72 Å². The number of aryl methyl sites for hydroxylation is 1. The second-order valence-electron chi connectivity index (χ2n) is 13.1. The van der Waals surface area contributed by atoms with Crippen molar-refractivity contribution in [1.29, 1.82) is 0 Å². The number of hydrogen-bond donors (Lipinski definition) is 3. The van der Waals surface area contributed by atoms with Gasteiger partial charge in [-0.1, -0.05) is 26.8 Å². The molecule has 4 heterocycles. The average Bonchev–Trinajstić information content (AvgIpc) is 3.58. The van der Waals surface area contributed by atoms with Crippen molar-refractivity contribution < 1.29 is 14.9 Å². The molecule has 0 spiro atoms. The van der Waals surface area contributed by atoms with Crippen LogP contribution in [0.5, 0.6) is 0 Å². The molecule has 0 amide bonds. The Labute approximate surface area is 249 Å². The molecule has 11 heteroatoms. The maximum absolute atomic E-state index is 11.0. The van der Waals surface area contributed by atoms with Crippen molar-refractivity contribution in [2.75, 3.05) is 6.54 Å². The van der Waals surface area contributed by atoms with Gasteiger partial charge in [-0.2, -0.15) is 0 Å². The quantitative estimate of drug-likeness (QED) is 0.257. The van der Waals surface area contributed by atoms with Crippen molar-refractivity contribution in [3.05, 3.63) is 42.2 Å². The van der Waals surface area contributed by atoms with E-state index in [0.29, 0.717) is 40.2 Å². The number of ether oxygens (including phenoxy) is 1. The molecule has 1 aromatic carbocycles. The van der Waals surface area contributed by atoms with Gasteiger partial charge in [-0.3, -0.25) is 0 Å². The first-order valence-corrected chi connectivity index (χ1v) is 15.6. The first kappa shape index (κ1) is 28.7. The minimum absolute atomic E-state index is 0.114. The first-order valence-electron chi connectivity index (χ1n) is 14.6. The van der Waals surface area contributed by atoms with Gasteiger partial charge in [0.2, 0.25) is 0 Å². The van der Waals surface area contributed by atoms with Crippen molar-refractivity contribution in [2.45, 2.75) is 102 Å². The molecule has 6 rings (SSSR count). The Morgan fingerprint density at radius 3 is 2.66 bits per heavy atom. The number of benzene rings is 1. The molecule has 1 saturated carbocycles. The van der Waals surface area contributed by atoms with Crippen LogP contribution in [0.4, 0.5) is 0 Å². The third-order valence-corrected chi connectivity index (χ3v) is 9.56. The Balaban J connectivity index is 1.06. The summed E-state index contributed by atoms with van der Waals surface area (Å²) in [4.78, 5) is 23.7. The molecular formula is C30H40AsN7O3. The zero-order valence-electron chi connectivity index (χ0n) is 24.4. The summed E-state index contributed by atoms with van der Waals surface area (Å²) in [5, 5.41) is 21.9. The van der Waals surface area contributed by atoms with Crippen molar-refractivity contribution in [1.82, 2.24) is 34.4 Å². The molecule has 1 aliphatic carbocycles. The minimum atomic E-state index is -1.08. The Morgan fingerprint density at radius 1 is 1.15 bits per heavy atom. The number of aliphatic hydroxyl groups is 2. The zero-order valence-corrected chi connectivity index (χ0v) is 26.3. The van der Waals surface area contributed by atoms with Gasteiger partial charge in [0.1, 0.15) is 5.82 Å². The molecule has 2 aliphatic rings. The van der Waals surface area contributed by atoms with Gasteiger partial charge in [0.15, 0.2) is 0 Å². The fourth-order valence-electron chi connectivity index (χ4n) is 6.32. The van der Waals surface area contributed by atoms with E-state index < -0.39 is 24.5 Å². The molecule has 0 unspecified atom stereocenters. The molecule has 218 valence electrons. The SMILES string of the molecule is CC(C)N(C[C@H]1O[C@@H](n2cnc3c([As])ncnc32)[C@H](O)[C@@H]1O)C1CC(CCc2nc3ccc(C(C)(C)C)cc3[nH]2)C1. The van der Waals surface area contributed by atoms with Gasteiger partial charge >= 0.3 is 160 Å². The number of H-pyrrole nitrogens is 1. The number of nitrogens with one attached hydrogen (secondary N) is 1. The van der Waals surface area contributed by atoms with Crippen LogP contribution in [0.1, 0.15) is 71.5 Å². The van der Waals surface area contributed by atoms with Crippen LogP contribution < -0.4 is 4.48 Å². The number of fused-ring (bicyclic) bond motifs is 2. The topological polar surface area (TPSA) is 125 Å². The standard InChI is InChI=1S/C30H40AsN7O3/c1-16(2)37(13-22-25(39)26(40)29(41-22)38-15-34-24-27(31)32-14-33-28(24)38)19-10-17(11-19)6-9-23-35-20-8-7-18(30(3,4)5)12-21(20)36-23/h7-8,12,14-17,19,22,25-26,29,39-40H,6,9-11,13H2,1-5H3,(H,35,36)/t17?,19?,22-,25-,26-,29-/m1/s1. The number of hydrogen-bond acceptors (Lipinski definition) is 8. The maximum atomic E-state index is 11.0. The summed E-state index contributed by atoms with van der Waals surface area (Å²) in [5.74, 6) is 1.70. The summed E-state index contributed by atoms with van der Waals surface area (Å²) in [6.45, 7) is 11.6. The van der Waals surface area contributed by atoms with Gasteiger partial charge < -0.3 is 4.98 Å². The van der Waals surface area contributed by atoms with Crippen molar-refractivity contribution >= 4 is 43.5 Å². The van der Waals surface area contributed by atoms with Gasteiger partial charge in [-0.15, -0.1) is 0 Å². The molecular weight excluding hydrogens is 581 g/mol. The second kappa shape index (κ2) is 11.0. The predicted octanol–water partition coefficient (Wildman–Crippen LogP) is 2.53. The van der Waals surface area contributed by atoms with Crippen LogP contribution in [-0.4, -0.2) is 98.4 Å². The summed E-state index contributed by atoms with van der Waals surface area (Å²) in [6.07, 6.45) is 3.99. The van der Waals surface area contributed by atoms with Crippen LogP contribution in [-0.2, 0) is 16.6 Å². The van der Waals surface area contributed by atoms with Gasteiger partial charge in [0.25, 0.3) is 0 Å². The summed E-state index contributed by atoms with van der Waals surface area (Å²) >= 11 is 2.38. The molecule has 2 radical (unpaired) electrons. The third kappa shape index (κ3) is 5.57. The van der Waals surface area contributed by atoms with Crippen LogP contribution in [0.25, 0.3) is 22.2 Å². The number of aromatic amines is 1. The van der Waals surface area contributed by atoms with Gasteiger partial charge in [0, 0.05) is 6.42 Å². The fraction of sp³-hybridized carbons (Fsp3) is 0.600. The first-order chi connectivity index (χ1) is 19.5. The van der Waals surface area contributed by atoms with Gasteiger partial charge in [-0.05, 0) is 29.5 Å². The van der Waals surface area contributed by atoms with Gasteiger partial charge in [0.05, 0.1) is 11.0 Å². The second-order valence-corrected chi connectivity index (χ2v) is 13.9. The monoisotopic (exact) mass is 621 g/mol. The number of rotatable bonds is 8. The van der Waals surface area contributed by atoms with Crippen LogP contribution in [0.2, 0.25) is 0 Å². The van der Waals surface area contributed by atoms with Crippen molar-refractivity contribution in [3.63, 3.8) is 0 Å². The molecule has 4 atom stereocenters. The van der Waals surface area contributed by atoms with E-state index in [2.05, 4.69) is 94.5 Å². The molecule has 3 aromatic heterocycles. The summed E-state index contributed by atoms with van der Waals surface area (Å²) in [5.41, 5.74) is 4.80. The van der Waals surface area contributed by atoms with Crippen molar-refractivity contribution in [3.8, 4) is 0 Å². The van der Waals surface area contributed by atoms with E-state index in [0.717, 1.165) is 42.5 Å². The van der Waals surface area contributed by atoms with Crippen LogP contribution in [0.3, 0.4) is 0 Å².